The lowest BCUT2D eigenvalue weighted by molar-refractivity contribution is 0.376. The first-order chi connectivity index (χ1) is 9.12. The van der Waals surface area contributed by atoms with E-state index in [1.807, 2.05) is 18.2 Å². The number of rotatable bonds is 8. The summed E-state index contributed by atoms with van der Waals surface area (Å²) in [6, 6.07) is 6.29. The SMILES string of the molecule is COc1ccc(OC)c(CC(NCCN)C(C)C)c1. The zero-order valence-electron chi connectivity index (χ0n) is 12.4. The monoisotopic (exact) mass is 266 g/mol. The average Bonchev–Trinajstić information content (AvgIpc) is 2.42. The van der Waals surface area contributed by atoms with Gasteiger partial charge in [0.2, 0.25) is 0 Å². The van der Waals surface area contributed by atoms with Crippen LogP contribution in [-0.4, -0.2) is 33.4 Å². The normalized spacial score (nSPS) is 12.5. The van der Waals surface area contributed by atoms with E-state index in [-0.39, 0.29) is 0 Å². The highest BCUT2D eigenvalue weighted by atomic mass is 16.5. The zero-order valence-corrected chi connectivity index (χ0v) is 12.4. The number of benzene rings is 1. The second kappa shape index (κ2) is 8.02. The number of nitrogens with two attached hydrogens (primary N) is 1. The van der Waals surface area contributed by atoms with Crippen LogP contribution in [-0.2, 0) is 6.42 Å². The van der Waals surface area contributed by atoms with E-state index < -0.39 is 0 Å². The summed E-state index contributed by atoms with van der Waals surface area (Å²) < 4.78 is 10.7. The first-order valence-corrected chi connectivity index (χ1v) is 6.76. The number of hydrogen-bond acceptors (Lipinski definition) is 4. The van der Waals surface area contributed by atoms with Crippen molar-refractivity contribution >= 4 is 0 Å². The molecule has 0 aromatic heterocycles. The van der Waals surface area contributed by atoms with E-state index in [4.69, 9.17) is 15.2 Å². The molecule has 1 aromatic rings. The highest BCUT2D eigenvalue weighted by molar-refractivity contribution is 5.40. The molecule has 0 saturated carbocycles. The molecule has 4 nitrogen and oxygen atoms in total. The van der Waals surface area contributed by atoms with Crippen molar-refractivity contribution in [3.63, 3.8) is 0 Å². The van der Waals surface area contributed by atoms with Gasteiger partial charge in [-0.25, -0.2) is 0 Å². The molecular weight excluding hydrogens is 240 g/mol. The molecule has 0 amide bonds. The van der Waals surface area contributed by atoms with E-state index in [1.165, 1.54) is 0 Å². The van der Waals surface area contributed by atoms with Crippen LogP contribution in [0.2, 0.25) is 0 Å². The van der Waals surface area contributed by atoms with Gasteiger partial charge in [0.15, 0.2) is 0 Å². The third-order valence-corrected chi connectivity index (χ3v) is 3.28. The zero-order chi connectivity index (χ0) is 14.3. The molecule has 0 heterocycles. The lowest BCUT2D eigenvalue weighted by Crippen LogP contribution is -2.38. The Bertz CT molecular complexity index is 380. The second-order valence-corrected chi connectivity index (χ2v) is 4.98. The van der Waals surface area contributed by atoms with E-state index in [2.05, 4.69) is 19.2 Å². The fourth-order valence-electron chi connectivity index (χ4n) is 2.09. The van der Waals surface area contributed by atoms with Crippen molar-refractivity contribution in [2.45, 2.75) is 26.3 Å². The summed E-state index contributed by atoms with van der Waals surface area (Å²) in [4.78, 5) is 0. The number of hydrogen-bond donors (Lipinski definition) is 2. The molecule has 0 aliphatic heterocycles. The molecule has 0 spiro atoms. The molecule has 108 valence electrons. The van der Waals surface area contributed by atoms with Gasteiger partial charge >= 0.3 is 0 Å². The summed E-state index contributed by atoms with van der Waals surface area (Å²) in [7, 11) is 3.38. The maximum absolute atomic E-state index is 5.56. The molecule has 1 aromatic carbocycles. The van der Waals surface area contributed by atoms with Crippen molar-refractivity contribution in [2.75, 3.05) is 27.3 Å². The predicted molar refractivity (Wildman–Crippen MR) is 78.9 cm³/mol. The third kappa shape index (κ3) is 4.73. The Balaban J connectivity index is 2.86. The summed E-state index contributed by atoms with van der Waals surface area (Å²) >= 11 is 0. The largest absolute Gasteiger partial charge is 0.497 e. The van der Waals surface area contributed by atoms with Gasteiger partial charge in [-0.2, -0.15) is 0 Å². The highest BCUT2D eigenvalue weighted by Gasteiger charge is 2.16. The van der Waals surface area contributed by atoms with Crippen LogP contribution < -0.4 is 20.5 Å². The van der Waals surface area contributed by atoms with Crippen molar-refractivity contribution in [3.05, 3.63) is 23.8 Å². The van der Waals surface area contributed by atoms with Gasteiger partial charge in [-0.1, -0.05) is 13.8 Å². The third-order valence-electron chi connectivity index (χ3n) is 3.28. The Morgan fingerprint density at radius 2 is 1.95 bits per heavy atom. The number of ether oxygens (including phenoxy) is 2. The van der Waals surface area contributed by atoms with Gasteiger partial charge in [-0.15, -0.1) is 0 Å². The van der Waals surface area contributed by atoms with Crippen LogP contribution in [0.4, 0.5) is 0 Å². The van der Waals surface area contributed by atoms with E-state index in [0.717, 1.165) is 30.0 Å². The summed E-state index contributed by atoms with van der Waals surface area (Å²) in [6.45, 7) is 5.90. The van der Waals surface area contributed by atoms with Crippen molar-refractivity contribution in [1.82, 2.24) is 5.32 Å². The maximum atomic E-state index is 5.56. The highest BCUT2D eigenvalue weighted by Crippen LogP contribution is 2.26. The minimum atomic E-state index is 0.379. The molecule has 4 heteroatoms. The first kappa shape index (κ1) is 15.8. The Kier molecular flexibility index (Phi) is 6.67. The van der Waals surface area contributed by atoms with Crippen molar-refractivity contribution in [1.29, 1.82) is 0 Å². The van der Waals surface area contributed by atoms with Gasteiger partial charge in [-0.05, 0) is 36.1 Å². The molecule has 1 atom stereocenters. The van der Waals surface area contributed by atoms with Crippen LogP contribution in [0, 0.1) is 5.92 Å². The van der Waals surface area contributed by atoms with E-state index >= 15 is 0 Å². The molecular formula is C15H26N2O2. The number of methoxy groups -OCH3 is 2. The molecule has 0 fully saturated rings. The van der Waals surface area contributed by atoms with Gasteiger partial charge in [0.25, 0.3) is 0 Å². The molecule has 0 bridgehead atoms. The number of nitrogens with one attached hydrogen (secondary N) is 1. The molecule has 3 N–H and O–H groups in total. The molecule has 0 radical (unpaired) electrons. The van der Waals surface area contributed by atoms with Crippen LogP contribution in [0.25, 0.3) is 0 Å². The topological polar surface area (TPSA) is 56.5 Å². The van der Waals surface area contributed by atoms with Crippen LogP contribution >= 0.6 is 0 Å². The molecule has 1 unspecified atom stereocenters. The van der Waals surface area contributed by atoms with Crippen LogP contribution in [0.3, 0.4) is 0 Å². The Hall–Kier alpha value is -1.26. The smallest absolute Gasteiger partial charge is 0.122 e. The Labute approximate surface area is 116 Å². The fraction of sp³-hybridized carbons (Fsp3) is 0.600. The lowest BCUT2D eigenvalue weighted by Gasteiger charge is -2.23. The molecule has 19 heavy (non-hydrogen) atoms. The van der Waals surface area contributed by atoms with Crippen LogP contribution in [0.5, 0.6) is 11.5 Å². The summed E-state index contributed by atoms with van der Waals surface area (Å²) in [6.07, 6.45) is 0.901. The minimum absolute atomic E-state index is 0.379. The summed E-state index contributed by atoms with van der Waals surface area (Å²) in [5, 5.41) is 3.48. The Morgan fingerprint density at radius 3 is 2.47 bits per heavy atom. The fourth-order valence-corrected chi connectivity index (χ4v) is 2.09. The average molecular weight is 266 g/mol. The van der Waals surface area contributed by atoms with Crippen molar-refractivity contribution in [2.24, 2.45) is 11.7 Å². The molecule has 0 aliphatic rings. The van der Waals surface area contributed by atoms with Crippen LogP contribution in [0.1, 0.15) is 19.4 Å². The van der Waals surface area contributed by atoms with E-state index in [1.54, 1.807) is 14.2 Å². The summed E-state index contributed by atoms with van der Waals surface area (Å²) in [5.74, 6) is 2.29. The maximum Gasteiger partial charge on any atom is 0.122 e. The minimum Gasteiger partial charge on any atom is -0.497 e. The van der Waals surface area contributed by atoms with Gasteiger partial charge < -0.3 is 20.5 Å². The standard InChI is InChI=1S/C15H26N2O2/c1-11(2)14(17-8-7-16)10-12-9-13(18-3)5-6-15(12)19-4/h5-6,9,11,14,17H,7-8,10,16H2,1-4H3. The van der Waals surface area contributed by atoms with Crippen molar-refractivity contribution < 1.29 is 9.47 Å². The van der Waals surface area contributed by atoms with E-state index in [9.17, 15) is 0 Å². The Morgan fingerprint density at radius 1 is 1.21 bits per heavy atom. The van der Waals surface area contributed by atoms with Crippen molar-refractivity contribution in [3.8, 4) is 11.5 Å². The van der Waals surface area contributed by atoms with Gasteiger partial charge in [0.05, 0.1) is 14.2 Å². The van der Waals surface area contributed by atoms with Crippen LogP contribution in [0.15, 0.2) is 18.2 Å². The molecule has 1 rings (SSSR count). The summed E-state index contributed by atoms with van der Waals surface area (Å²) in [5.41, 5.74) is 6.72. The quantitative estimate of drug-likeness (QED) is 0.753. The van der Waals surface area contributed by atoms with Gasteiger partial charge in [0, 0.05) is 19.1 Å². The molecule has 0 saturated heterocycles. The van der Waals surface area contributed by atoms with Gasteiger partial charge in [0.1, 0.15) is 11.5 Å². The lowest BCUT2D eigenvalue weighted by atomic mass is 9.95. The second-order valence-electron chi connectivity index (χ2n) is 4.98. The molecule has 0 aliphatic carbocycles. The van der Waals surface area contributed by atoms with Gasteiger partial charge in [-0.3, -0.25) is 0 Å². The van der Waals surface area contributed by atoms with E-state index in [0.29, 0.717) is 18.5 Å². The first-order valence-electron chi connectivity index (χ1n) is 6.76. The predicted octanol–water partition coefficient (Wildman–Crippen LogP) is 1.82.